The highest BCUT2D eigenvalue weighted by molar-refractivity contribution is 5.98. The average molecular weight is 466 g/mol. The van der Waals surface area contributed by atoms with Gasteiger partial charge in [-0.2, -0.15) is 0 Å². The average Bonchev–Trinajstić information content (AvgIpc) is 2.73. The Labute approximate surface area is 196 Å². The maximum atomic E-state index is 12.9. The summed E-state index contributed by atoms with van der Waals surface area (Å²) in [5, 5.41) is 40.9. The van der Waals surface area contributed by atoms with Crippen LogP contribution >= 0.6 is 0 Å². The van der Waals surface area contributed by atoms with Crippen LogP contribution in [0.4, 0.5) is 0 Å². The van der Waals surface area contributed by atoms with Gasteiger partial charge in [0.05, 0.1) is 0 Å². The molecule has 0 fully saturated rings. The van der Waals surface area contributed by atoms with E-state index in [1.54, 1.807) is 26.8 Å². The first kappa shape index (κ1) is 24.4. The fourth-order valence-electron chi connectivity index (χ4n) is 3.59. The first-order chi connectivity index (χ1) is 15.8. The van der Waals surface area contributed by atoms with Crippen molar-refractivity contribution in [2.24, 2.45) is 0 Å². The first-order valence-corrected chi connectivity index (χ1v) is 10.4. The van der Waals surface area contributed by atoms with Crippen LogP contribution in [0.3, 0.4) is 0 Å². The van der Waals surface area contributed by atoms with Gasteiger partial charge in [-0.3, -0.25) is 0 Å². The smallest absolute Gasteiger partial charge is 0.347 e. The number of rotatable bonds is 4. The van der Waals surface area contributed by atoms with Crippen molar-refractivity contribution in [2.45, 2.75) is 41.5 Å². The molecule has 4 N–H and O–H groups in total. The molecule has 0 spiro atoms. The molecule has 0 aliphatic rings. The van der Waals surface area contributed by atoms with Crippen LogP contribution in [0.25, 0.3) is 0 Å². The zero-order valence-electron chi connectivity index (χ0n) is 19.7. The van der Waals surface area contributed by atoms with Gasteiger partial charge in [-0.1, -0.05) is 0 Å². The summed E-state index contributed by atoms with van der Waals surface area (Å²) in [5.41, 5.74) is 1.66. The van der Waals surface area contributed by atoms with Crippen molar-refractivity contribution >= 4 is 11.9 Å². The molecule has 0 atom stereocenters. The van der Waals surface area contributed by atoms with Crippen LogP contribution in [0.15, 0.2) is 24.3 Å². The Bertz CT molecular complexity index is 1340. The zero-order valence-corrected chi connectivity index (χ0v) is 19.7. The Hall–Kier alpha value is -4.20. The summed E-state index contributed by atoms with van der Waals surface area (Å²) in [5.74, 6) is -2.59. The summed E-state index contributed by atoms with van der Waals surface area (Å²) in [6.07, 6.45) is 0. The van der Waals surface area contributed by atoms with Crippen LogP contribution in [0.5, 0.6) is 34.5 Å². The minimum Gasteiger partial charge on any atom is -0.508 e. The quantitative estimate of drug-likeness (QED) is 0.318. The number of esters is 2. The molecule has 0 aromatic heterocycles. The fraction of sp³-hybridized carbons (Fsp3) is 0.231. The van der Waals surface area contributed by atoms with E-state index in [-0.39, 0.29) is 50.8 Å². The van der Waals surface area contributed by atoms with Crippen molar-refractivity contribution in [3.05, 3.63) is 68.8 Å². The third-order valence-corrected chi connectivity index (χ3v) is 5.72. The molecule has 0 aliphatic heterocycles. The lowest BCUT2D eigenvalue weighted by Crippen LogP contribution is -2.15. The Morgan fingerprint density at radius 2 is 1.03 bits per heavy atom. The number of phenolic OH excluding ortho intramolecular Hbond substituents is 4. The number of hydrogen-bond acceptors (Lipinski definition) is 8. The minimum atomic E-state index is -0.888. The molecular formula is C26H26O8. The van der Waals surface area contributed by atoms with Crippen molar-refractivity contribution in [3.8, 4) is 34.5 Å². The molecule has 0 unspecified atom stereocenters. The second kappa shape index (κ2) is 8.97. The molecule has 0 aliphatic carbocycles. The molecule has 3 rings (SSSR count). The number of carbonyl (C=O) groups is 2. The number of carbonyl (C=O) groups excluding carboxylic acids is 2. The third-order valence-electron chi connectivity index (χ3n) is 5.72. The van der Waals surface area contributed by atoms with Crippen molar-refractivity contribution < 1.29 is 39.5 Å². The number of hydrogen-bond donors (Lipinski definition) is 4. The van der Waals surface area contributed by atoms with Gasteiger partial charge in [0.15, 0.2) is 0 Å². The molecule has 3 aromatic carbocycles. The lowest BCUT2D eigenvalue weighted by Gasteiger charge is -2.17. The summed E-state index contributed by atoms with van der Waals surface area (Å²) >= 11 is 0. The lowest BCUT2D eigenvalue weighted by atomic mass is 10.0. The van der Waals surface area contributed by atoms with E-state index in [1.165, 1.54) is 39.0 Å². The van der Waals surface area contributed by atoms with Gasteiger partial charge in [0, 0.05) is 16.7 Å². The summed E-state index contributed by atoms with van der Waals surface area (Å²) in [6, 6.07) is 5.88. The van der Waals surface area contributed by atoms with Gasteiger partial charge in [-0.05, 0) is 82.5 Å². The molecule has 0 heterocycles. The molecule has 0 radical (unpaired) electrons. The van der Waals surface area contributed by atoms with Gasteiger partial charge in [0.25, 0.3) is 0 Å². The van der Waals surface area contributed by atoms with E-state index < -0.39 is 23.4 Å². The largest absolute Gasteiger partial charge is 0.508 e. The van der Waals surface area contributed by atoms with Crippen molar-refractivity contribution in [3.63, 3.8) is 0 Å². The van der Waals surface area contributed by atoms with E-state index in [1.807, 2.05) is 0 Å². The second-order valence-electron chi connectivity index (χ2n) is 8.29. The number of aryl methyl sites for hydroxylation is 3. The SMILES string of the molecule is Cc1cc(O)c(C)c(OC(=O)c2c(C)cc(OC(=O)c3c(C)cc(O)c(C)c3O)c(C)c2O)c1. The maximum absolute atomic E-state index is 12.9. The number of benzene rings is 3. The third kappa shape index (κ3) is 4.34. The van der Waals surface area contributed by atoms with Gasteiger partial charge in [0.1, 0.15) is 45.6 Å². The molecule has 178 valence electrons. The molecule has 0 bridgehead atoms. The molecule has 0 saturated heterocycles. The maximum Gasteiger partial charge on any atom is 0.347 e. The Kier molecular flexibility index (Phi) is 6.45. The number of ether oxygens (including phenoxy) is 2. The van der Waals surface area contributed by atoms with Crippen molar-refractivity contribution in [1.29, 1.82) is 0 Å². The summed E-state index contributed by atoms with van der Waals surface area (Å²) in [4.78, 5) is 25.7. The van der Waals surface area contributed by atoms with E-state index in [0.29, 0.717) is 16.7 Å². The van der Waals surface area contributed by atoms with Crippen LogP contribution in [0.2, 0.25) is 0 Å². The van der Waals surface area contributed by atoms with Crippen LogP contribution < -0.4 is 9.47 Å². The van der Waals surface area contributed by atoms with Gasteiger partial charge >= 0.3 is 11.9 Å². The zero-order chi connectivity index (χ0) is 25.5. The lowest BCUT2D eigenvalue weighted by molar-refractivity contribution is 0.0725. The summed E-state index contributed by atoms with van der Waals surface area (Å²) in [7, 11) is 0. The first-order valence-electron chi connectivity index (χ1n) is 10.4. The molecule has 34 heavy (non-hydrogen) atoms. The Balaban J connectivity index is 1.96. The highest BCUT2D eigenvalue weighted by atomic mass is 16.5. The molecule has 3 aromatic rings. The fourth-order valence-corrected chi connectivity index (χ4v) is 3.59. The monoisotopic (exact) mass is 466 g/mol. The van der Waals surface area contributed by atoms with Crippen LogP contribution in [-0.2, 0) is 0 Å². The van der Waals surface area contributed by atoms with Crippen molar-refractivity contribution in [1.82, 2.24) is 0 Å². The van der Waals surface area contributed by atoms with Gasteiger partial charge in [0.2, 0.25) is 0 Å². The molecule has 0 saturated carbocycles. The molecular weight excluding hydrogens is 440 g/mol. The topological polar surface area (TPSA) is 134 Å². The second-order valence-corrected chi connectivity index (χ2v) is 8.29. The highest BCUT2D eigenvalue weighted by Crippen LogP contribution is 2.37. The van der Waals surface area contributed by atoms with E-state index in [9.17, 15) is 30.0 Å². The number of aromatic hydroxyl groups is 4. The minimum absolute atomic E-state index is 0.00883. The Morgan fingerprint density at radius 3 is 1.59 bits per heavy atom. The van der Waals surface area contributed by atoms with Crippen LogP contribution in [0, 0.1) is 41.5 Å². The van der Waals surface area contributed by atoms with Gasteiger partial charge in [-0.15, -0.1) is 0 Å². The number of phenols is 4. The van der Waals surface area contributed by atoms with E-state index in [4.69, 9.17) is 9.47 Å². The van der Waals surface area contributed by atoms with Gasteiger partial charge < -0.3 is 29.9 Å². The molecule has 0 amide bonds. The van der Waals surface area contributed by atoms with E-state index in [0.717, 1.165) is 0 Å². The Morgan fingerprint density at radius 1 is 0.588 bits per heavy atom. The normalized spacial score (nSPS) is 10.8. The predicted octanol–water partition coefficient (Wildman–Crippen LogP) is 4.80. The van der Waals surface area contributed by atoms with Crippen LogP contribution in [0.1, 0.15) is 54.1 Å². The van der Waals surface area contributed by atoms with E-state index in [2.05, 4.69) is 0 Å². The summed E-state index contributed by atoms with van der Waals surface area (Å²) in [6.45, 7) is 9.34. The van der Waals surface area contributed by atoms with E-state index >= 15 is 0 Å². The molecule has 8 nitrogen and oxygen atoms in total. The standard InChI is InChI=1S/C26H26O8/c1-11-7-17(27)14(4)19(8-11)33-26(32)22-13(3)10-20(16(6)24(22)30)34-25(31)21-12(2)9-18(28)15(5)23(21)29/h7-10,27-30H,1-6H3. The summed E-state index contributed by atoms with van der Waals surface area (Å²) < 4.78 is 10.9. The van der Waals surface area contributed by atoms with Crippen molar-refractivity contribution in [2.75, 3.05) is 0 Å². The molecule has 8 heteroatoms. The van der Waals surface area contributed by atoms with Crippen LogP contribution in [-0.4, -0.2) is 32.4 Å². The highest BCUT2D eigenvalue weighted by Gasteiger charge is 2.26. The van der Waals surface area contributed by atoms with Gasteiger partial charge in [-0.25, -0.2) is 9.59 Å². The predicted molar refractivity (Wildman–Crippen MR) is 124 cm³/mol.